The van der Waals surface area contributed by atoms with E-state index in [1.54, 1.807) is 24.3 Å². The highest BCUT2D eigenvalue weighted by atomic mass is 16.3. The molecule has 0 aliphatic carbocycles. The van der Waals surface area contributed by atoms with E-state index in [9.17, 15) is 5.11 Å². The lowest BCUT2D eigenvalue weighted by Crippen LogP contribution is -2.21. The molecule has 0 aliphatic rings. The first-order valence-corrected chi connectivity index (χ1v) is 6.76. The van der Waals surface area contributed by atoms with Crippen LogP contribution in [0.2, 0.25) is 0 Å². The molecular weight excluding hydrogens is 258 g/mol. The minimum absolute atomic E-state index is 0.434. The van der Waals surface area contributed by atoms with Gasteiger partial charge in [-0.05, 0) is 29.3 Å². The van der Waals surface area contributed by atoms with Gasteiger partial charge in [0.05, 0.1) is 11.6 Å². The van der Waals surface area contributed by atoms with Crippen molar-refractivity contribution in [3.63, 3.8) is 0 Å². The number of nitriles is 1. The summed E-state index contributed by atoms with van der Waals surface area (Å²) in [7, 11) is 0. The summed E-state index contributed by atoms with van der Waals surface area (Å²) in [6.07, 6.45) is 5.77. The number of hydrogen-bond donors (Lipinski definition) is 1. The van der Waals surface area contributed by atoms with E-state index in [4.69, 9.17) is 5.26 Å². The zero-order chi connectivity index (χ0) is 15.1. The molecule has 0 heterocycles. The van der Waals surface area contributed by atoms with Gasteiger partial charge in [0.1, 0.15) is 5.60 Å². The van der Waals surface area contributed by atoms with E-state index >= 15 is 0 Å². The molecule has 0 radical (unpaired) electrons. The van der Waals surface area contributed by atoms with Gasteiger partial charge in [-0.25, -0.2) is 0 Å². The fourth-order valence-electron chi connectivity index (χ4n) is 2.13. The van der Waals surface area contributed by atoms with Crippen LogP contribution in [-0.2, 0) is 5.60 Å². The molecule has 104 valence electrons. The summed E-state index contributed by atoms with van der Waals surface area (Å²) in [6, 6.07) is 18.8. The molecule has 21 heavy (non-hydrogen) atoms. The van der Waals surface area contributed by atoms with E-state index in [2.05, 4.69) is 12.6 Å². The Labute approximate surface area is 125 Å². The quantitative estimate of drug-likeness (QED) is 0.837. The van der Waals surface area contributed by atoms with Crippen LogP contribution in [0, 0.1) is 11.3 Å². The first-order chi connectivity index (χ1) is 10.2. The summed E-state index contributed by atoms with van der Waals surface area (Å²) in [4.78, 5) is 0. The predicted molar refractivity (Wildman–Crippen MR) is 85.3 cm³/mol. The normalized spacial score (nSPS) is 13.5. The van der Waals surface area contributed by atoms with Crippen molar-refractivity contribution in [1.29, 1.82) is 5.26 Å². The lowest BCUT2D eigenvalue weighted by molar-refractivity contribution is 0.0938. The highest BCUT2D eigenvalue weighted by Crippen LogP contribution is 2.28. The van der Waals surface area contributed by atoms with Crippen molar-refractivity contribution in [2.75, 3.05) is 0 Å². The summed E-state index contributed by atoms with van der Waals surface area (Å²) in [6.45, 7) is 3.72. The van der Waals surface area contributed by atoms with Crippen LogP contribution in [0.5, 0.6) is 0 Å². The molecule has 1 atom stereocenters. The molecule has 2 heteroatoms. The Bertz CT molecular complexity index is 665. The average molecular weight is 275 g/mol. The largest absolute Gasteiger partial charge is 0.381 e. The summed E-state index contributed by atoms with van der Waals surface area (Å²) in [5, 5.41) is 19.6. The van der Waals surface area contributed by atoms with Gasteiger partial charge in [0.25, 0.3) is 0 Å². The summed E-state index contributed by atoms with van der Waals surface area (Å²) in [5.41, 5.74) is 1.32. The molecule has 0 saturated carbocycles. The second-order valence-electron chi connectivity index (χ2n) is 4.85. The number of rotatable bonds is 5. The fraction of sp³-hybridized carbons (Fsp3) is 0.105. The lowest BCUT2D eigenvalue weighted by Gasteiger charge is -2.23. The van der Waals surface area contributed by atoms with Gasteiger partial charge >= 0.3 is 0 Å². The van der Waals surface area contributed by atoms with Crippen LogP contribution in [0.25, 0.3) is 6.08 Å². The molecule has 0 bridgehead atoms. The maximum atomic E-state index is 10.8. The Hall–Kier alpha value is -2.63. The molecule has 0 aromatic heterocycles. The molecule has 0 fully saturated rings. The van der Waals surface area contributed by atoms with Crippen molar-refractivity contribution < 1.29 is 5.11 Å². The third-order valence-electron chi connectivity index (χ3n) is 3.32. The van der Waals surface area contributed by atoms with Crippen LogP contribution in [0.3, 0.4) is 0 Å². The van der Waals surface area contributed by atoms with Crippen LogP contribution in [0.15, 0.2) is 73.3 Å². The van der Waals surface area contributed by atoms with Gasteiger partial charge in [-0.2, -0.15) is 5.26 Å². The summed E-state index contributed by atoms with van der Waals surface area (Å²) < 4.78 is 0. The average Bonchev–Trinajstić information content (AvgIpc) is 2.54. The van der Waals surface area contributed by atoms with Crippen molar-refractivity contribution in [3.05, 3.63) is 90.0 Å². The van der Waals surface area contributed by atoms with Gasteiger partial charge in [0.15, 0.2) is 0 Å². The van der Waals surface area contributed by atoms with E-state index in [-0.39, 0.29) is 0 Å². The summed E-state index contributed by atoms with van der Waals surface area (Å²) >= 11 is 0. The van der Waals surface area contributed by atoms with Crippen LogP contribution < -0.4 is 0 Å². The van der Waals surface area contributed by atoms with Gasteiger partial charge in [0, 0.05) is 6.42 Å². The number of aliphatic hydroxyl groups is 1. The fourth-order valence-corrected chi connectivity index (χ4v) is 2.13. The zero-order valence-corrected chi connectivity index (χ0v) is 11.7. The molecule has 2 aromatic carbocycles. The predicted octanol–water partition coefficient (Wildman–Crippen LogP) is 4.04. The topological polar surface area (TPSA) is 44.0 Å². The van der Waals surface area contributed by atoms with Gasteiger partial charge in [-0.15, -0.1) is 6.58 Å². The number of hydrogen-bond acceptors (Lipinski definition) is 2. The van der Waals surface area contributed by atoms with Crippen LogP contribution >= 0.6 is 0 Å². The van der Waals surface area contributed by atoms with Crippen molar-refractivity contribution >= 4 is 6.08 Å². The molecule has 1 N–H and O–H groups in total. The van der Waals surface area contributed by atoms with Crippen molar-refractivity contribution in [2.24, 2.45) is 0 Å². The van der Waals surface area contributed by atoms with Gasteiger partial charge in [0.2, 0.25) is 0 Å². The number of nitrogens with zero attached hydrogens (tertiary/aromatic N) is 1. The first kappa shape index (κ1) is 14.8. The van der Waals surface area contributed by atoms with E-state index in [0.29, 0.717) is 12.0 Å². The SMILES string of the molecule is C=CC[C@@](O)(/C=C/c1ccc(C#N)cc1)c1ccccc1. The Balaban J connectivity index is 2.29. The van der Waals surface area contributed by atoms with Crippen molar-refractivity contribution in [2.45, 2.75) is 12.0 Å². The molecule has 0 spiro atoms. The van der Waals surface area contributed by atoms with E-state index in [1.807, 2.05) is 48.5 Å². The third-order valence-corrected chi connectivity index (χ3v) is 3.32. The monoisotopic (exact) mass is 275 g/mol. The Kier molecular flexibility index (Phi) is 4.71. The van der Waals surface area contributed by atoms with Crippen molar-refractivity contribution in [3.8, 4) is 6.07 Å². The first-order valence-electron chi connectivity index (χ1n) is 6.76. The second kappa shape index (κ2) is 6.69. The molecule has 2 rings (SSSR count). The maximum absolute atomic E-state index is 10.8. The maximum Gasteiger partial charge on any atom is 0.111 e. The van der Waals surface area contributed by atoms with E-state index in [1.165, 1.54) is 0 Å². The lowest BCUT2D eigenvalue weighted by atomic mass is 9.89. The van der Waals surface area contributed by atoms with Crippen LogP contribution in [-0.4, -0.2) is 5.11 Å². The molecule has 0 amide bonds. The van der Waals surface area contributed by atoms with Crippen molar-refractivity contribution in [1.82, 2.24) is 0 Å². The highest BCUT2D eigenvalue weighted by Gasteiger charge is 2.23. The molecule has 0 aliphatic heterocycles. The molecule has 2 aromatic rings. The van der Waals surface area contributed by atoms with Crippen LogP contribution in [0.4, 0.5) is 0 Å². The second-order valence-corrected chi connectivity index (χ2v) is 4.85. The Morgan fingerprint density at radius 2 is 1.76 bits per heavy atom. The molecular formula is C19H17NO. The minimum atomic E-state index is -1.07. The molecule has 0 saturated heterocycles. The minimum Gasteiger partial charge on any atom is -0.381 e. The van der Waals surface area contributed by atoms with Gasteiger partial charge < -0.3 is 5.11 Å². The molecule has 2 nitrogen and oxygen atoms in total. The summed E-state index contributed by atoms with van der Waals surface area (Å²) in [5.74, 6) is 0. The van der Waals surface area contributed by atoms with Gasteiger partial charge in [-0.3, -0.25) is 0 Å². The Morgan fingerprint density at radius 1 is 1.10 bits per heavy atom. The van der Waals surface area contributed by atoms with Crippen LogP contribution in [0.1, 0.15) is 23.1 Å². The van der Waals surface area contributed by atoms with Gasteiger partial charge in [-0.1, -0.05) is 54.6 Å². The Morgan fingerprint density at radius 3 is 2.33 bits per heavy atom. The van der Waals surface area contributed by atoms with E-state index < -0.39 is 5.60 Å². The zero-order valence-electron chi connectivity index (χ0n) is 11.7. The standard InChI is InChI=1S/C19H17NO/c1-2-13-19(21,18-6-4-3-5-7-18)14-12-16-8-10-17(15-20)11-9-16/h2-12,14,21H,1,13H2/b14-12+/t19-/m1/s1. The number of benzene rings is 2. The van der Waals surface area contributed by atoms with E-state index in [0.717, 1.165) is 11.1 Å². The molecule has 0 unspecified atom stereocenters. The highest BCUT2D eigenvalue weighted by molar-refractivity contribution is 5.53. The smallest absolute Gasteiger partial charge is 0.111 e. The third kappa shape index (κ3) is 3.68.